The van der Waals surface area contributed by atoms with Crippen LogP contribution in [0.4, 0.5) is 10.5 Å². The van der Waals surface area contributed by atoms with E-state index in [4.69, 9.17) is 11.6 Å². The van der Waals surface area contributed by atoms with E-state index in [0.29, 0.717) is 19.6 Å². The van der Waals surface area contributed by atoms with Crippen LogP contribution in [0.15, 0.2) is 36.4 Å². The van der Waals surface area contributed by atoms with Crippen LogP contribution in [-0.2, 0) is 6.54 Å². The predicted octanol–water partition coefficient (Wildman–Crippen LogP) is 4.30. The molecule has 1 N–H and O–H groups in total. The Hall–Kier alpha value is -2.20. The third-order valence-corrected chi connectivity index (χ3v) is 5.26. The van der Waals surface area contributed by atoms with Crippen LogP contribution >= 0.6 is 11.6 Å². The Morgan fingerprint density at radius 1 is 1.04 bits per heavy atom. The molecule has 0 atom stereocenters. The van der Waals surface area contributed by atoms with Crippen molar-refractivity contribution in [3.63, 3.8) is 0 Å². The number of anilines is 1. The number of hydrogen-bond donors (Lipinski definition) is 1. The zero-order valence-corrected chi connectivity index (χ0v) is 16.4. The summed E-state index contributed by atoms with van der Waals surface area (Å²) in [5.41, 5.74) is 5.80. The highest BCUT2D eigenvalue weighted by Crippen LogP contribution is 2.31. The standard InChI is InChI=1S/C21H26ClN3O/c1-15-12-17(3)20(19(22)13-15)24-8-10-25(11-9-24)21(26)23-14-18-7-5-4-6-16(18)2/h4-7,12-13H,8-11,14H2,1-3H3,(H,23,26). The SMILES string of the molecule is Cc1cc(C)c(N2CCN(C(=O)NCc3ccccc3C)CC2)c(Cl)c1. The van der Waals surface area contributed by atoms with Gasteiger partial charge in [-0.3, -0.25) is 0 Å². The number of hydrogen-bond acceptors (Lipinski definition) is 2. The first-order valence-corrected chi connectivity index (χ1v) is 9.42. The van der Waals surface area contributed by atoms with Crippen LogP contribution in [0, 0.1) is 20.8 Å². The number of nitrogens with one attached hydrogen (secondary N) is 1. The maximum Gasteiger partial charge on any atom is 0.317 e. The number of carbonyl (C=O) groups is 1. The lowest BCUT2D eigenvalue weighted by molar-refractivity contribution is 0.194. The molecule has 2 amide bonds. The topological polar surface area (TPSA) is 35.6 Å². The molecule has 138 valence electrons. The van der Waals surface area contributed by atoms with Gasteiger partial charge in [0.2, 0.25) is 0 Å². The molecule has 2 aromatic rings. The molecule has 26 heavy (non-hydrogen) atoms. The Morgan fingerprint density at radius 2 is 1.73 bits per heavy atom. The van der Waals surface area contributed by atoms with Crippen LogP contribution in [0.5, 0.6) is 0 Å². The Kier molecular flexibility index (Phi) is 5.72. The number of nitrogens with zero attached hydrogens (tertiary/aromatic N) is 2. The first-order chi connectivity index (χ1) is 12.5. The highest BCUT2D eigenvalue weighted by Gasteiger charge is 2.23. The summed E-state index contributed by atoms with van der Waals surface area (Å²) >= 11 is 6.46. The van der Waals surface area contributed by atoms with Crippen molar-refractivity contribution >= 4 is 23.3 Å². The van der Waals surface area contributed by atoms with Gasteiger partial charge in [0, 0.05) is 32.7 Å². The van der Waals surface area contributed by atoms with Crippen LogP contribution in [-0.4, -0.2) is 37.1 Å². The fourth-order valence-corrected chi connectivity index (χ4v) is 3.97. The van der Waals surface area contributed by atoms with E-state index in [1.165, 1.54) is 16.7 Å². The number of aryl methyl sites for hydroxylation is 3. The summed E-state index contributed by atoms with van der Waals surface area (Å²) in [6.45, 7) is 9.76. The van der Waals surface area contributed by atoms with Crippen molar-refractivity contribution < 1.29 is 4.79 Å². The summed E-state index contributed by atoms with van der Waals surface area (Å²) in [6.07, 6.45) is 0. The molecule has 0 aromatic heterocycles. The van der Waals surface area contributed by atoms with Gasteiger partial charge in [0.25, 0.3) is 0 Å². The molecule has 0 saturated carbocycles. The lowest BCUT2D eigenvalue weighted by Gasteiger charge is -2.37. The highest BCUT2D eigenvalue weighted by molar-refractivity contribution is 6.33. The molecular formula is C21H26ClN3O. The summed E-state index contributed by atoms with van der Waals surface area (Å²) < 4.78 is 0. The quantitative estimate of drug-likeness (QED) is 0.873. The number of benzene rings is 2. The van der Waals surface area contributed by atoms with E-state index in [0.717, 1.165) is 29.4 Å². The van der Waals surface area contributed by atoms with Gasteiger partial charge in [-0.1, -0.05) is 41.9 Å². The number of urea groups is 1. The van der Waals surface area contributed by atoms with Crippen LogP contribution < -0.4 is 10.2 Å². The number of amides is 2. The lowest BCUT2D eigenvalue weighted by Crippen LogP contribution is -2.52. The molecule has 0 spiro atoms. The monoisotopic (exact) mass is 371 g/mol. The summed E-state index contributed by atoms with van der Waals surface area (Å²) in [4.78, 5) is 16.6. The largest absolute Gasteiger partial charge is 0.367 e. The van der Waals surface area contributed by atoms with E-state index in [-0.39, 0.29) is 6.03 Å². The molecule has 3 rings (SSSR count). The Bertz CT molecular complexity index is 775. The molecule has 1 heterocycles. The third kappa shape index (κ3) is 4.13. The predicted molar refractivity (Wildman–Crippen MR) is 108 cm³/mol. The van der Waals surface area contributed by atoms with E-state index >= 15 is 0 Å². The van der Waals surface area contributed by atoms with Gasteiger partial charge in [-0.2, -0.15) is 0 Å². The van der Waals surface area contributed by atoms with Gasteiger partial charge in [0.15, 0.2) is 0 Å². The molecular weight excluding hydrogens is 346 g/mol. The van der Waals surface area contributed by atoms with Crippen molar-refractivity contribution in [3.05, 3.63) is 63.7 Å². The molecule has 5 heteroatoms. The van der Waals surface area contributed by atoms with E-state index in [1.807, 2.05) is 23.1 Å². The molecule has 0 unspecified atom stereocenters. The minimum atomic E-state index is -0.000344. The van der Waals surface area contributed by atoms with Crippen molar-refractivity contribution in [3.8, 4) is 0 Å². The van der Waals surface area contributed by atoms with Gasteiger partial charge in [0.05, 0.1) is 10.7 Å². The molecule has 2 aromatic carbocycles. The van der Waals surface area contributed by atoms with Gasteiger partial charge in [-0.25, -0.2) is 4.79 Å². The zero-order chi connectivity index (χ0) is 18.7. The third-order valence-electron chi connectivity index (χ3n) is 4.97. The molecule has 0 aliphatic carbocycles. The zero-order valence-electron chi connectivity index (χ0n) is 15.7. The van der Waals surface area contributed by atoms with E-state index in [1.54, 1.807) is 0 Å². The van der Waals surface area contributed by atoms with Crippen LogP contribution in [0.25, 0.3) is 0 Å². The van der Waals surface area contributed by atoms with Crippen molar-refractivity contribution in [1.82, 2.24) is 10.2 Å². The Balaban J connectivity index is 1.57. The fraction of sp³-hybridized carbons (Fsp3) is 0.381. The lowest BCUT2D eigenvalue weighted by atomic mass is 10.1. The molecule has 4 nitrogen and oxygen atoms in total. The molecule has 1 aliphatic rings. The number of piperazine rings is 1. The van der Waals surface area contributed by atoms with Crippen molar-refractivity contribution in [2.45, 2.75) is 27.3 Å². The molecule has 1 fully saturated rings. The average molecular weight is 372 g/mol. The summed E-state index contributed by atoms with van der Waals surface area (Å²) in [5.74, 6) is 0. The summed E-state index contributed by atoms with van der Waals surface area (Å²) in [5, 5.41) is 3.83. The van der Waals surface area contributed by atoms with Crippen LogP contribution in [0.2, 0.25) is 5.02 Å². The van der Waals surface area contributed by atoms with E-state index < -0.39 is 0 Å². The van der Waals surface area contributed by atoms with E-state index in [2.05, 4.69) is 49.2 Å². The van der Waals surface area contributed by atoms with Crippen LogP contribution in [0.1, 0.15) is 22.3 Å². The van der Waals surface area contributed by atoms with Crippen LogP contribution in [0.3, 0.4) is 0 Å². The maximum atomic E-state index is 12.5. The minimum absolute atomic E-state index is 0.000344. The number of carbonyl (C=O) groups excluding carboxylic acids is 1. The Labute approximate surface area is 160 Å². The van der Waals surface area contributed by atoms with Gasteiger partial charge in [0.1, 0.15) is 0 Å². The molecule has 1 saturated heterocycles. The second kappa shape index (κ2) is 8.00. The first kappa shape index (κ1) is 18.6. The second-order valence-corrected chi connectivity index (χ2v) is 7.38. The highest BCUT2D eigenvalue weighted by atomic mass is 35.5. The molecule has 1 aliphatic heterocycles. The van der Waals surface area contributed by atoms with E-state index in [9.17, 15) is 4.79 Å². The van der Waals surface area contributed by atoms with Gasteiger partial charge in [-0.15, -0.1) is 0 Å². The van der Waals surface area contributed by atoms with Gasteiger partial charge >= 0.3 is 6.03 Å². The molecule has 0 radical (unpaired) electrons. The average Bonchev–Trinajstić information content (AvgIpc) is 2.60. The second-order valence-electron chi connectivity index (χ2n) is 6.97. The van der Waals surface area contributed by atoms with Crippen molar-refractivity contribution in [2.24, 2.45) is 0 Å². The Morgan fingerprint density at radius 3 is 2.38 bits per heavy atom. The minimum Gasteiger partial charge on any atom is -0.367 e. The first-order valence-electron chi connectivity index (χ1n) is 9.04. The smallest absolute Gasteiger partial charge is 0.317 e. The summed E-state index contributed by atoms with van der Waals surface area (Å²) in [6, 6.07) is 12.3. The van der Waals surface area contributed by atoms with Gasteiger partial charge in [-0.05, 0) is 49.1 Å². The van der Waals surface area contributed by atoms with Crippen molar-refractivity contribution in [2.75, 3.05) is 31.1 Å². The van der Waals surface area contributed by atoms with Crippen molar-refractivity contribution in [1.29, 1.82) is 0 Å². The normalized spacial score (nSPS) is 14.5. The number of halogens is 1. The number of rotatable bonds is 3. The summed E-state index contributed by atoms with van der Waals surface area (Å²) in [7, 11) is 0. The fourth-order valence-electron chi connectivity index (χ4n) is 3.53. The molecule has 0 bridgehead atoms. The van der Waals surface area contributed by atoms with Gasteiger partial charge < -0.3 is 15.1 Å². The maximum absolute atomic E-state index is 12.5.